The van der Waals surface area contributed by atoms with Crippen LogP contribution < -0.4 is 21.3 Å². The molecule has 0 bridgehead atoms. The summed E-state index contributed by atoms with van der Waals surface area (Å²) in [6.07, 6.45) is 4.41. The van der Waals surface area contributed by atoms with E-state index in [-0.39, 0.29) is 0 Å². The van der Waals surface area contributed by atoms with Crippen LogP contribution >= 0.6 is 0 Å². The van der Waals surface area contributed by atoms with Crippen molar-refractivity contribution in [1.82, 2.24) is 0 Å². The van der Waals surface area contributed by atoms with Gasteiger partial charge in [-0.2, -0.15) is 0 Å². The van der Waals surface area contributed by atoms with E-state index >= 15 is 0 Å². The standard InChI is InChI=1S/C26H38N6/c1-3-5-15-29-25(27)21-7-11-23(12-8-21)31-17-19-32(20-18-31)24-13-9-22(10-14-24)26(28)30-16-6-4-2/h7-14H,3-6,15-20H2,1-2H3,(H2,27,29)(H2,28,30). The van der Waals surface area contributed by atoms with Gasteiger partial charge in [0.15, 0.2) is 0 Å². The van der Waals surface area contributed by atoms with Gasteiger partial charge in [-0.25, -0.2) is 0 Å². The van der Waals surface area contributed by atoms with Crippen LogP contribution in [0.4, 0.5) is 11.4 Å². The van der Waals surface area contributed by atoms with E-state index < -0.39 is 0 Å². The Bertz CT molecular complexity index is 802. The van der Waals surface area contributed by atoms with Gasteiger partial charge >= 0.3 is 0 Å². The smallest absolute Gasteiger partial charge is 0.125 e. The monoisotopic (exact) mass is 434 g/mol. The van der Waals surface area contributed by atoms with Crippen LogP contribution in [0.2, 0.25) is 0 Å². The second kappa shape index (κ2) is 12.1. The van der Waals surface area contributed by atoms with Crippen molar-refractivity contribution in [3.05, 3.63) is 59.7 Å². The first-order valence-electron chi connectivity index (χ1n) is 11.9. The van der Waals surface area contributed by atoms with Crippen LogP contribution in [0.3, 0.4) is 0 Å². The van der Waals surface area contributed by atoms with Gasteiger partial charge in [0.25, 0.3) is 0 Å². The lowest BCUT2D eigenvalue weighted by Gasteiger charge is -2.37. The fourth-order valence-electron chi connectivity index (χ4n) is 3.81. The van der Waals surface area contributed by atoms with Crippen LogP contribution in [0.15, 0.2) is 58.5 Å². The van der Waals surface area contributed by atoms with Crippen molar-refractivity contribution in [2.75, 3.05) is 49.1 Å². The maximum absolute atomic E-state index is 6.12. The SMILES string of the molecule is CCCCN=C(N)c1ccc(N2CCN(c3ccc(C(N)=NCCCC)cc3)CC2)cc1. The summed E-state index contributed by atoms with van der Waals surface area (Å²) in [6.45, 7) is 9.87. The van der Waals surface area contributed by atoms with Crippen molar-refractivity contribution in [3.8, 4) is 0 Å². The van der Waals surface area contributed by atoms with Crippen LogP contribution in [-0.2, 0) is 0 Å². The van der Waals surface area contributed by atoms with Crippen molar-refractivity contribution < 1.29 is 0 Å². The summed E-state index contributed by atoms with van der Waals surface area (Å²) < 4.78 is 0. The number of unbranched alkanes of at least 4 members (excludes halogenated alkanes) is 2. The van der Waals surface area contributed by atoms with Crippen LogP contribution in [0.1, 0.15) is 50.7 Å². The van der Waals surface area contributed by atoms with Gasteiger partial charge < -0.3 is 21.3 Å². The molecule has 1 saturated heterocycles. The molecule has 1 fully saturated rings. The number of aliphatic imine (C=N–C) groups is 2. The molecule has 1 heterocycles. The Labute approximate surface area is 193 Å². The number of hydrogen-bond acceptors (Lipinski definition) is 4. The molecule has 2 aromatic rings. The highest BCUT2D eigenvalue weighted by atomic mass is 15.3. The van der Waals surface area contributed by atoms with E-state index in [2.05, 4.69) is 82.2 Å². The van der Waals surface area contributed by atoms with E-state index in [1.807, 2.05) is 0 Å². The van der Waals surface area contributed by atoms with Gasteiger partial charge in [0.05, 0.1) is 0 Å². The molecule has 0 aromatic heterocycles. The number of nitrogens with zero attached hydrogens (tertiary/aromatic N) is 4. The Morgan fingerprint density at radius 2 is 1.00 bits per heavy atom. The molecule has 32 heavy (non-hydrogen) atoms. The quantitative estimate of drug-likeness (QED) is 0.336. The first kappa shape index (κ1) is 23.6. The molecule has 6 heteroatoms. The molecule has 0 aliphatic carbocycles. The van der Waals surface area contributed by atoms with Crippen molar-refractivity contribution in [2.45, 2.75) is 39.5 Å². The van der Waals surface area contributed by atoms with Crippen molar-refractivity contribution in [2.24, 2.45) is 21.5 Å². The van der Waals surface area contributed by atoms with Crippen LogP contribution in [-0.4, -0.2) is 50.9 Å². The van der Waals surface area contributed by atoms with E-state index in [1.54, 1.807) is 0 Å². The minimum atomic E-state index is 0.634. The molecule has 6 nitrogen and oxygen atoms in total. The van der Waals surface area contributed by atoms with Gasteiger partial charge in [-0.15, -0.1) is 0 Å². The van der Waals surface area contributed by atoms with Gasteiger partial charge in [0.1, 0.15) is 11.7 Å². The molecule has 172 valence electrons. The highest BCUT2D eigenvalue weighted by molar-refractivity contribution is 5.98. The van der Waals surface area contributed by atoms with Gasteiger partial charge in [0, 0.05) is 61.8 Å². The summed E-state index contributed by atoms with van der Waals surface area (Å²) in [5.74, 6) is 1.27. The molecule has 1 aliphatic rings. The molecule has 0 unspecified atom stereocenters. The summed E-state index contributed by atoms with van der Waals surface area (Å²) in [5, 5.41) is 0. The zero-order valence-corrected chi connectivity index (χ0v) is 19.6. The summed E-state index contributed by atoms with van der Waals surface area (Å²) in [5.41, 5.74) is 16.7. The molecule has 3 rings (SSSR count). The molecule has 1 aliphatic heterocycles. The first-order chi connectivity index (χ1) is 15.6. The number of anilines is 2. The summed E-state index contributed by atoms with van der Waals surface area (Å²) in [6, 6.07) is 16.9. The Morgan fingerprint density at radius 1 is 0.656 bits per heavy atom. The number of hydrogen-bond donors (Lipinski definition) is 2. The normalized spacial score (nSPS) is 15.3. The molecule has 4 N–H and O–H groups in total. The van der Waals surface area contributed by atoms with E-state index in [4.69, 9.17) is 11.5 Å². The second-order valence-electron chi connectivity index (χ2n) is 8.31. The lowest BCUT2D eigenvalue weighted by Crippen LogP contribution is -2.46. The average Bonchev–Trinajstić information content (AvgIpc) is 2.84. The predicted octanol–water partition coefficient (Wildman–Crippen LogP) is 4.02. The number of rotatable bonds is 10. The Morgan fingerprint density at radius 3 is 1.31 bits per heavy atom. The largest absolute Gasteiger partial charge is 0.384 e. The predicted molar refractivity (Wildman–Crippen MR) is 138 cm³/mol. The number of benzene rings is 2. The second-order valence-corrected chi connectivity index (χ2v) is 8.31. The van der Waals surface area contributed by atoms with Crippen LogP contribution in [0.25, 0.3) is 0 Å². The van der Waals surface area contributed by atoms with E-state index in [9.17, 15) is 0 Å². The maximum atomic E-state index is 6.12. The highest BCUT2D eigenvalue weighted by Gasteiger charge is 2.18. The average molecular weight is 435 g/mol. The fraction of sp³-hybridized carbons (Fsp3) is 0.462. The molecular formula is C26H38N6. The van der Waals surface area contributed by atoms with Gasteiger partial charge in [-0.3, -0.25) is 9.98 Å². The summed E-state index contributed by atoms with van der Waals surface area (Å²) in [7, 11) is 0. The van der Waals surface area contributed by atoms with Crippen LogP contribution in [0, 0.1) is 0 Å². The van der Waals surface area contributed by atoms with Crippen molar-refractivity contribution >= 4 is 23.0 Å². The summed E-state index contributed by atoms with van der Waals surface area (Å²) in [4.78, 5) is 13.8. The topological polar surface area (TPSA) is 83.2 Å². The molecular weight excluding hydrogens is 396 g/mol. The highest BCUT2D eigenvalue weighted by Crippen LogP contribution is 2.21. The Balaban J connectivity index is 1.53. The molecule has 0 saturated carbocycles. The van der Waals surface area contributed by atoms with Crippen molar-refractivity contribution in [3.63, 3.8) is 0 Å². The Hall–Kier alpha value is -3.02. The zero-order valence-electron chi connectivity index (χ0n) is 19.6. The van der Waals surface area contributed by atoms with Gasteiger partial charge in [0.2, 0.25) is 0 Å². The van der Waals surface area contributed by atoms with E-state index in [0.717, 1.165) is 76.1 Å². The third kappa shape index (κ3) is 6.49. The van der Waals surface area contributed by atoms with Crippen molar-refractivity contribution in [1.29, 1.82) is 0 Å². The molecule has 2 aromatic carbocycles. The van der Waals surface area contributed by atoms with E-state index in [1.165, 1.54) is 11.4 Å². The molecule has 0 spiro atoms. The number of nitrogens with two attached hydrogens (primary N) is 2. The summed E-state index contributed by atoms with van der Waals surface area (Å²) >= 11 is 0. The molecule has 0 radical (unpaired) electrons. The molecule has 0 amide bonds. The van der Waals surface area contributed by atoms with Gasteiger partial charge in [-0.1, -0.05) is 26.7 Å². The Kier molecular flexibility index (Phi) is 8.96. The third-order valence-corrected chi connectivity index (χ3v) is 5.92. The maximum Gasteiger partial charge on any atom is 0.125 e. The minimum absolute atomic E-state index is 0.634. The number of amidine groups is 2. The molecule has 0 atom stereocenters. The van der Waals surface area contributed by atoms with E-state index in [0.29, 0.717) is 11.7 Å². The fourth-order valence-corrected chi connectivity index (χ4v) is 3.81. The zero-order chi connectivity index (χ0) is 22.8. The first-order valence-corrected chi connectivity index (χ1v) is 11.9. The van der Waals surface area contributed by atoms with Crippen LogP contribution in [0.5, 0.6) is 0 Å². The third-order valence-electron chi connectivity index (χ3n) is 5.92. The lowest BCUT2D eigenvalue weighted by molar-refractivity contribution is 0.653. The minimum Gasteiger partial charge on any atom is -0.384 e. The van der Waals surface area contributed by atoms with Gasteiger partial charge in [-0.05, 0) is 61.4 Å². The number of piperazine rings is 1. The lowest BCUT2D eigenvalue weighted by atomic mass is 10.1.